The Kier molecular flexibility index (Phi) is 4.89. The number of nitrogens with one attached hydrogen (secondary N) is 1. The van der Waals surface area contributed by atoms with E-state index in [0.717, 1.165) is 16.8 Å². The minimum absolute atomic E-state index is 0.288. The van der Waals surface area contributed by atoms with Crippen LogP contribution >= 0.6 is 0 Å². The maximum Gasteiger partial charge on any atom is 0.247 e. The first-order valence-electron chi connectivity index (χ1n) is 9.08. The molecule has 0 amide bonds. The fourth-order valence-electron chi connectivity index (χ4n) is 2.99. The maximum absolute atomic E-state index is 13.4. The summed E-state index contributed by atoms with van der Waals surface area (Å²) in [5.74, 6) is 0.581. The fourth-order valence-corrected chi connectivity index (χ4v) is 2.99. The Morgan fingerprint density at radius 1 is 0.857 bits per heavy atom. The van der Waals surface area contributed by atoms with Crippen molar-refractivity contribution in [1.29, 1.82) is 0 Å². The zero-order chi connectivity index (χ0) is 19.5. The lowest BCUT2D eigenvalue weighted by molar-refractivity contribution is 0.494. The molecule has 0 radical (unpaired) electrons. The number of hydrogen-bond donors (Lipinski definition) is 1. The molecule has 4 nitrogen and oxygen atoms in total. The normalized spacial score (nSPS) is 12.0. The molecule has 1 atom stereocenters. The SMILES string of the molecule is Cc1ccc(N[C@@H](c2ccc(F)cc2)c2nnc(-c3ccccc3)o2)cc1C. The van der Waals surface area contributed by atoms with Gasteiger partial charge in [0.05, 0.1) is 0 Å². The number of anilines is 1. The van der Waals surface area contributed by atoms with Crippen molar-refractivity contribution < 1.29 is 8.81 Å². The van der Waals surface area contributed by atoms with Gasteiger partial charge < -0.3 is 9.73 Å². The van der Waals surface area contributed by atoms with Crippen LogP contribution in [0.25, 0.3) is 11.5 Å². The maximum atomic E-state index is 13.4. The topological polar surface area (TPSA) is 51.0 Å². The number of benzene rings is 3. The number of aromatic nitrogens is 2. The van der Waals surface area contributed by atoms with Gasteiger partial charge in [-0.25, -0.2) is 4.39 Å². The molecule has 0 unspecified atom stereocenters. The number of hydrogen-bond acceptors (Lipinski definition) is 4. The first kappa shape index (κ1) is 17.9. The molecule has 5 heteroatoms. The van der Waals surface area contributed by atoms with E-state index in [1.165, 1.54) is 23.3 Å². The average Bonchev–Trinajstić information content (AvgIpc) is 3.20. The molecule has 1 heterocycles. The summed E-state index contributed by atoms with van der Waals surface area (Å²) in [6.07, 6.45) is 0. The summed E-state index contributed by atoms with van der Waals surface area (Å²) in [5, 5.41) is 11.9. The van der Waals surface area contributed by atoms with E-state index in [2.05, 4.69) is 41.5 Å². The molecule has 0 saturated carbocycles. The second kappa shape index (κ2) is 7.64. The molecule has 0 fully saturated rings. The largest absolute Gasteiger partial charge is 0.418 e. The molecule has 0 aliphatic rings. The zero-order valence-electron chi connectivity index (χ0n) is 15.7. The van der Waals surface area contributed by atoms with Crippen molar-refractivity contribution in [3.8, 4) is 11.5 Å². The van der Waals surface area contributed by atoms with Crippen molar-refractivity contribution in [2.24, 2.45) is 0 Å². The van der Waals surface area contributed by atoms with Gasteiger partial charge in [-0.3, -0.25) is 0 Å². The molecule has 1 N–H and O–H groups in total. The van der Waals surface area contributed by atoms with E-state index in [9.17, 15) is 4.39 Å². The van der Waals surface area contributed by atoms with E-state index in [4.69, 9.17) is 4.42 Å². The van der Waals surface area contributed by atoms with Gasteiger partial charge in [0.25, 0.3) is 0 Å². The zero-order valence-corrected chi connectivity index (χ0v) is 15.7. The highest BCUT2D eigenvalue weighted by Crippen LogP contribution is 2.29. The van der Waals surface area contributed by atoms with Crippen LogP contribution in [0.5, 0.6) is 0 Å². The number of nitrogens with zero attached hydrogens (tertiary/aromatic N) is 2. The van der Waals surface area contributed by atoms with E-state index in [1.54, 1.807) is 12.1 Å². The number of rotatable bonds is 5. The van der Waals surface area contributed by atoms with Crippen LogP contribution in [-0.4, -0.2) is 10.2 Å². The van der Waals surface area contributed by atoms with Crippen LogP contribution in [0.4, 0.5) is 10.1 Å². The Labute approximate surface area is 163 Å². The molecule has 3 aromatic carbocycles. The molecule has 0 aliphatic heterocycles. The lowest BCUT2D eigenvalue weighted by atomic mass is 10.0. The number of aryl methyl sites for hydroxylation is 2. The first-order chi connectivity index (χ1) is 13.6. The Balaban J connectivity index is 1.71. The third-order valence-corrected chi connectivity index (χ3v) is 4.73. The van der Waals surface area contributed by atoms with E-state index in [0.29, 0.717) is 11.8 Å². The molecule has 0 saturated heterocycles. The summed E-state index contributed by atoms with van der Waals surface area (Å²) in [4.78, 5) is 0. The predicted molar refractivity (Wildman–Crippen MR) is 108 cm³/mol. The van der Waals surface area contributed by atoms with Gasteiger partial charge in [-0.2, -0.15) is 0 Å². The van der Waals surface area contributed by atoms with Gasteiger partial charge in [0.1, 0.15) is 11.9 Å². The van der Waals surface area contributed by atoms with Crippen molar-refractivity contribution in [3.63, 3.8) is 0 Å². The average molecular weight is 373 g/mol. The molecule has 0 spiro atoms. The summed E-state index contributed by atoms with van der Waals surface area (Å²) in [5.41, 5.74) is 5.01. The van der Waals surface area contributed by atoms with Crippen molar-refractivity contribution in [2.75, 3.05) is 5.32 Å². The van der Waals surface area contributed by atoms with Gasteiger partial charge in [0, 0.05) is 11.3 Å². The van der Waals surface area contributed by atoms with Crippen molar-refractivity contribution in [2.45, 2.75) is 19.9 Å². The summed E-state index contributed by atoms with van der Waals surface area (Å²) < 4.78 is 19.4. The first-order valence-corrected chi connectivity index (χ1v) is 9.08. The van der Waals surface area contributed by atoms with Gasteiger partial charge >= 0.3 is 0 Å². The van der Waals surface area contributed by atoms with Gasteiger partial charge in [-0.15, -0.1) is 10.2 Å². The minimum Gasteiger partial charge on any atom is -0.418 e. The summed E-state index contributed by atoms with van der Waals surface area (Å²) in [6, 6.07) is 21.7. The minimum atomic E-state index is -0.396. The number of halogens is 1. The lowest BCUT2D eigenvalue weighted by Crippen LogP contribution is -2.13. The van der Waals surface area contributed by atoms with Crippen LogP contribution in [0.1, 0.15) is 28.6 Å². The van der Waals surface area contributed by atoms with Gasteiger partial charge in [0.2, 0.25) is 11.8 Å². The van der Waals surface area contributed by atoms with Crippen molar-refractivity contribution >= 4 is 5.69 Å². The molecular weight excluding hydrogens is 353 g/mol. The van der Waals surface area contributed by atoms with E-state index in [-0.39, 0.29) is 5.82 Å². The molecule has 4 rings (SSSR count). The molecule has 140 valence electrons. The quantitative estimate of drug-likeness (QED) is 0.488. The molecule has 0 bridgehead atoms. The third-order valence-electron chi connectivity index (χ3n) is 4.73. The molecule has 1 aromatic heterocycles. The van der Waals surface area contributed by atoms with Gasteiger partial charge in [-0.05, 0) is 66.9 Å². The van der Waals surface area contributed by atoms with E-state index < -0.39 is 6.04 Å². The molecule has 4 aromatic rings. The van der Waals surface area contributed by atoms with Crippen LogP contribution in [0.3, 0.4) is 0 Å². The summed E-state index contributed by atoms with van der Waals surface area (Å²) >= 11 is 0. The van der Waals surface area contributed by atoms with Crippen LogP contribution in [0.2, 0.25) is 0 Å². The predicted octanol–water partition coefficient (Wildman–Crippen LogP) is 5.69. The van der Waals surface area contributed by atoms with E-state index >= 15 is 0 Å². The Hall–Kier alpha value is -3.47. The molecular formula is C23H20FN3O. The lowest BCUT2D eigenvalue weighted by Gasteiger charge is -2.18. The van der Waals surface area contributed by atoms with Crippen molar-refractivity contribution in [1.82, 2.24) is 10.2 Å². The Morgan fingerprint density at radius 2 is 1.61 bits per heavy atom. The van der Waals surface area contributed by atoms with E-state index in [1.807, 2.05) is 36.4 Å². The Morgan fingerprint density at radius 3 is 2.32 bits per heavy atom. The summed E-state index contributed by atoms with van der Waals surface area (Å²) in [7, 11) is 0. The van der Waals surface area contributed by atoms with Crippen LogP contribution in [0, 0.1) is 19.7 Å². The highest BCUT2D eigenvalue weighted by molar-refractivity contribution is 5.53. The standard InChI is InChI=1S/C23H20FN3O/c1-15-8-13-20(14-16(15)2)25-21(17-9-11-19(24)12-10-17)23-27-26-22(28-23)18-6-4-3-5-7-18/h3-14,21,25H,1-2H3/t21-/m0/s1. The second-order valence-electron chi connectivity index (χ2n) is 6.74. The van der Waals surface area contributed by atoms with Gasteiger partial charge in [-0.1, -0.05) is 36.4 Å². The van der Waals surface area contributed by atoms with Crippen molar-refractivity contribution in [3.05, 3.63) is 101 Å². The highest BCUT2D eigenvalue weighted by atomic mass is 19.1. The fraction of sp³-hybridized carbons (Fsp3) is 0.130. The van der Waals surface area contributed by atoms with Crippen LogP contribution in [0.15, 0.2) is 77.2 Å². The molecule has 0 aliphatic carbocycles. The second-order valence-corrected chi connectivity index (χ2v) is 6.74. The highest BCUT2D eigenvalue weighted by Gasteiger charge is 2.22. The summed E-state index contributed by atoms with van der Waals surface area (Å²) in [6.45, 7) is 4.13. The van der Waals surface area contributed by atoms with Crippen LogP contribution in [-0.2, 0) is 0 Å². The van der Waals surface area contributed by atoms with Crippen LogP contribution < -0.4 is 5.32 Å². The van der Waals surface area contributed by atoms with Gasteiger partial charge in [0.15, 0.2) is 0 Å². The Bertz CT molecular complexity index is 1070. The molecule has 28 heavy (non-hydrogen) atoms. The smallest absolute Gasteiger partial charge is 0.247 e. The third kappa shape index (κ3) is 3.78. The monoisotopic (exact) mass is 373 g/mol.